The van der Waals surface area contributed by atoms with Gasteiger partial charge in [-0.3, -0.25) is 4.99 Å². The van der Waals surface area contributed by atoms with Gasteiger partial charge in [0.05, 0.1) is 14.2 Å². The zero-order valence-electron chi connectivity index (χ0n) is 16.2. The number of halogens is 3. The normalized spacial score (nSPS) is 18.8. The maximum atomic E-state index is 12.6. The zero-order chi connectivity index (χ0) is 21.0. The molecular weight excluding hydrogens is 387 g/mol. The number of ether oxygens (including phenoxy) is 3. The molecule has 156 valence electrons. The number of hydrogen-bond acceptors (Lipinski definition) is 4. The molecule has 2 unspecified atom stereocenters. The van der Waals surface area contributed by atoms with Crippen molar-refractivity contribution in [1.29, 1.82) is 0 Å². The van der Waals surface area contributed by atoms with Crippen LogP contribution in [0.1, 0.15) is 17.9 Å². The lowest BCUT2D eigenvalue weighted by Gasteiger charge is -2.15. The van der Waals surface area contributed by atoms with Gasteiger partial charge < -0.3 is 24.8 Å². The van der Waals surface area contributed by atoms with E-state index in [2.05, 4.69) is 20.4 Å². The second-order valence-electron chi connectivity index (χ2n) is 6.45. The maximum Gasteiger partial charge on any atom is 0.573 e. The van der Waals surface area contributed by atoms with Crippen LogP contribution in [0.2, 0.25) is 0 Å². The summed E-state index contributed by atoms with van der Waals surface area (Å²) in [6.45, 7) is 0. The molecule has 1 aliphatic rings. The number of para-hydroxylation sites is 1. The number of benzene rings is 2. The van der Waals surface area contributed by atoms with Crippen LogP contribution in [0.4, 0.5) is 18.9 Å². The molecule has 0 saturated heterocycles. The van der Waals surface area contributed by atoms with Crippen LogP contribution in [0, 0.1) is 0 Å². The molecule has 0 spiro atoms. The Morgan fingerprint density at radius 3 is 2.41 bits per heavy atom. The monoisotopic (exact) mass is 409 g/mol. The van der Waals surface area contributed by atoms with E-state index in [0.29, 0.717) is 29.4 Å². The lowest BCUT2D eigenvalue weighted by Crippen LogP contribution is -2.33. The summed E-state index contributed by atoms with van der Waals surface area (Å²) in [5.41, 5.74) is 1.25. The molecule has 0 bridgehead atoms. The minimum absolute atomic E-state index is 0.0562. The fourth-order valence-corrected chi connectivity index (χ4v) is 3.09. The molecule has 0 amide bonds. The standard InChI is InChI=1S/C20H22F3N3O3/c1-24-19(25-12-8-9-17(27-2)18(10-12)28-3)26-15-11-14(15)13-6-4-5-7-16(13)29-20(21,22)23/h4-10,14-15H,11H2,1-3H3,(H2,24,25,26). The van der Waals surface area contributed by atoms with Crippen molar-refractivity contribution in [2.45, 2.75) is 24.7 Å². The molecule has 9 heteroatoms. The molecule has 1 aliphatic carbocycles. The molecule has 1 saturated carbocycles. The Hall–Kier alpha value is -3.10. The summed E-state index contributed by atoms with van der Waals surface area (Å²) in [6, 6.07) is 11.5. The van der Waals surface area contributed by atoms with Crippen molar-refractivity contribution in [1.82, 2.24) is 5.32 Å². The number of hydrogen-bond donors (Lipinski definition) is 2. The first-order chi connectivity index (χ1) is 13.8. The van der Waals surface area contributed by atoms with Crippen molar-refractivity contribution in [2.24, 2.45) is 4.99 Å². The largest absolute Gasteiger partial charge is 0.573 e. The molecule has 2 aromatic carbocycles. The lowest BCUT2D eigenvalue weighted by atomic mass is 10.1. The number of alkyl halides is 3. The molecule has 1 fully saturated rings. The molecule has 0 radical (unpaired) electrons. The van der Waals surface area contributed by atoms with Crippen molar-refractivity contribution in [2.75, 3.05) is 26.6 Å². The fraction of sp³-hybridized carbons (Fsp3) is 0.350. The summed E-state index contributed by atoms with van der Waals surface area (Å²) in [4.78, 5) is 4.18. The first kappa shape index (κ1) is 20.6. The van der Waals surface area contributed by atoms with E-state index in [-0.39, 0.29) is 17.7 Å². The van der Waals surface area contributed by atoms with Gasteiger partial charge in [-0.05, 0) is 30.2 Å². The van der Waals surface area contributed by atoms with Gasteiger partial charge in [-0.15, -0.1) is 13.2 Å². The summed E-state index contributed by atoms with van der Waals surface area (Å²) in [7, 11) is 4.72. The van der Waals surface area contributed by atoms with E-state index in [1.807, 2.05) is 6.07 Å². The van der Waals surface area contributed by atoms with Crippen molar-refractivity contribution in [3.05, 3.63) is 48.0 Å². The van der Waals surface area contributed by atoms with Crippen molar-refractivity contribution >= 4 is 11.6 Å². The highest BCUT2D eigenvalue weighted by atomic mass is 19.4. The number of rotatable bonds is 6. The van der Waals surface area contributed by atoms with E-state index in [0.717, 1.165) is 5.69 Å². The second kappa shape index (κ2) is 8.50. The van der Waals surface area contributed by atoms with Crippen LogP contribution in [-0.2, 0) is 0 Å². The van der Waals surface area contributed by atoms with Gasteiger partial charge in [-0.25, -0.2) is 0 Å². The van der Waals surface area contributed by atoms with Crippen LogP contribution in [0.25, 0.3) is 0 Å². The van der Waals surface area contributed by atoms with Gasteiger partial charge in [-0.2, -0.15) is 0 Å². The third-order valence-electron chi connectivity index (χ3n) is 4.53. The third-order valence-corrected chi connectivity index (χ3v) is 4.53. The maximum absolute atomic E-state index is 12.6. The molecule has 6 nitrogen and oxygen atoms in total. The van der Waals surface area contributed by atoms with Crippen LogP contribution in [0.15, 0.2) is 47.5 Å². The number of guanidine groups is 1. The highest BCUT2D eigenvalue weighted by molar-refractivity contribution is 5.94. The Balaban J connectivity index is 1.66. The van der Waals surface area contributed by atoms with Gasteiger partial charge >= 0.3 is 6.36 Å². The van der Waals surface area contributed by atoms with Crippen LogP contribution < -0.4 is 24.8 Å². The molecule has 0 aliphatic heterocycles. The number of methoxy groups -OCH3 is 2. The predicted molar refractivity (Wildman–Crippen MR) is 104 cm³/mol. The SMILES string of the molecule is CN=C(Nc1ccc(OC)c(OC)c1)NC1CC1c1ccccc1OC(F)(F)F. The topological polar surface area (TPSA) is 64.1 Å². The molecule has 0 heterocycles. The minimum atomic E-state index is -4.72. The Morgan fingerprint density at radius 1 is 1.03 bits per heavy atom. The molecule has 2 atom stereocenters. The summed E-state index contributed by atoms with van der Waals surface area (Å²) < 4.78 is 52.6. The van der Waals surface area contributed by atoms with Crippen molar-refractivity contribution < 1.29 is 27.4 Å². The highest BCUT2D eigenvalue weighted by Crippen LogP contribution is 2.45. The number of aliphatic imine (C=N–C) groups is 1. The molecule has 3 rings (SSSR count). The van der Waals surface area contributed by atoms with E-state index >= 15 is 0 Å². The van der Waals surface area contributed by atoms with E-state index in [9.17, 15) is 13.2 Å². The summed E-state index contributed by atoms with van der Waals surface area (Å²) in [5.74, 6) is 1.40. The second-order valence-corrected chi connectivity index (χ2v) is 6.45. The number of nitrogens with one attached hydrogen (secondary N) is 2. The average molecular weight is 409 g/mol. The molecule has 2 aromatic rings. The first-order valence-corrected chi connectivity index (χ1v) is 8.91. The van der Waals surface area contributed by atoms with Crippen molar-refractivity contribution in [3.8, 4) is 17.2 Å². The third kappa shape index (κ3) is 5.24. The van der Waals surface area contributed by atoms with Crippen LogP contribution in [-0.4, -0.2) is 39.6 Å². The first-order valence-electron chi connectivity index (χ1n) is 8.91. The van der Waals surface area contributed by atoms with Gasteiger partial charge in [0, 0.05) is 30.8 Å². The van der Waals surface area contributed by atoms with Gasteiger partial charge in [0.2, 0.25) is 0 Å². The Bertz CT molecular complexity index is 887. The number of nitrogens with zero attached hydrogens (tertiary/aromatic N) is 1. The summed E-state index contributed by atoms with van der Waals surface area (Å²) in [6.07, 6.45) is -4.05. The summed E-state index contributed by atoms with van der Waals surface area (Å²) >= 11 is 0. The zero-order valence-corrected chi connectivity index (χ0v) is 16.2. The average Bonchev–Trinajstić information content (AvgIpc) is 3.45. The molecule has 0 aromatic heterocycles. The molecule has 29 heavy (non-hydrogen) atoms. The van der Waals surface area contributed by atoms with Gasteiger partial charge in [0.15, 0.2) is 17.5 Å². The summed E-state index contributed by atoms with van der Waals surface area (Å²) in [5, 5.41) is 6.37. The lowest BCUT2D eigenvalue weighted by molar-refractivity contribution is -0.274. The Labute approximate surface area is 166 Å². The molecular formula is C20H22F3N3O3. The smallest absolute Gasteiger partial charge is 0.493 e. The van der Waals surface area contributed by atoms with Gasteiger partial charge in [0.25, 0.3) is 0 Å². The number of anilines is 1. The fourth-order valence-electron chi connectivity index (χ4n) is 3.09. The highest BCUT2D eigenvalue weighted by Gasteiger charge is 2.42. The predicted octanol–water partition coefficient (Wildman–Crippen LogP) is 4.15. The van der Waals surface area contributed by atoms with E-state index < -0.39 is 6.36 Å². The quantitative estimate of drug-likeness (QED) is 0.555. The Morgan fingerprint density at radius 2 is 1.76 bits per heavy atom. The van der Waals surface area contributed by atoms with Crippen LogP contribution in [0.3, 0.4) is 0 Å². The van der Waals surface area contributed by atoms with Gasteiger partial charge in [0.1, 0.15) is 5.75 Å². The van der Waals surface area contributed by atoms with Crippen LogP contribution >= 0.6 is 0 Å². The van der Waals surface area contributed by atoms with Gasteiger partial charge in [-0.1, -0.05) is 18.2 Å². The Kier molecular flexibility index (Phi) is 6.05. The van der Waals surface area contributed by atoms with E-state index in [1.54, 1.807) is 45.5 Å². The molecule has 2 N–H and O–H groups in total. The van der Waals surface area contributed by atoms with Crippen LogP contribution in [0.5, 0.6) is 17.2 Å². The minimum Gasteiger partial charge on any atom is -0.493 e. The van der Waals surface area contributed by atoms with Crippen molar-refractivity contribution in [3.63, 3.8) is 0 Å². The van der Waals surface area contributed by atoms with E-state index in [1.165, 1.54) is 12.1 Å². The van der Waals surface area contributed by atoms with E-state index in [4.69, 9.17) is 9.47 Å².